The smallest absolute Gasteiger partial charge is 0.257 e. The summed E-state index contributed by atoms with van der Waals surface area (Å²) in [6.07, 6.45) is 0.676. The molecular weight excluding hydrogens is 366 g/mol. The van der Waals surface area contributed by atoms with Crippen molar-refractivity contribution in [3.8, 4) is 5.75 Å². The third-order valence-electron chi connectivity index (χ3n) is 5.40. The fraction of sp³-hybridized carbons (Fsp3) is 0.381. The van der Waals surface area contributed by atoms with Crippen molar-refractivity contribution in [3.63, 3.8) is 0 Å². The molecule has 0 spiro atoms. The van der Waals surface area contributed by atoms with Gasteiger partial charge in [0.2, 0.25) is 0 Å². The van der Waals surface area contributed by atoms with Crippen molar-refractivity contribution in [2.75, 3.05) is 26.8 Å². The molecule has 0 unspecified atom stereocenters. The molecule has 2 aliphatic heterocycles. The largest absolute Gasteiger partial charge is 0.497 e. The summed E-state index contributed by atoms with van der Waals surface area (Å²) in [4.78, 5) is 14.7. The molecular formula is C21H22F2N2O3. The van der Waals surface area contributed by atoms with E-state index in [-0.39, 0.29) is 23.9 Å². The molecule has 0 saturated carbocycles. The molecule has 28 heavy (non-hydrogen) atoms. The Hall–Kier alpha value is -2.51. The summed E-state index contributed by atoms with van der Waals surface area (Å²) in [7, 11) is 1.31. The molecule has 4 rings (SSSR count). The number of rotatable bonds is 4. The fourth-order valence-corrected chi connectivity index (χ4v) is 3.99. The van der Waals surface area contributed by atoms with Gasteiger partial charge in [-0.05, 0) is 12.0 Å². The first-order chi connectivity index (χ1) is 13.5. The van der Waals surface area contributed by atoms with E-state index in [1.54, 1.807) is 0 Å². The Bertz CT molecular complexity index is 839. The quantitative estimate of drug-likeness (QED) is 0.875. The molecule has 148 valence electrons. The van der Waals surface area contributed by atoms with Crippen LogP contribution in [0.15, 0.2) is 42.5 Å². The highest BCUT2D eigenvalue weighted by Crippen LogP contribution is 2.30. The maximum absolute atomic E-state index is 14.1. The van der Waals surface area contributed by atoms with Crippen LogP contribution >= 0.6 is 0 Å². The number of benzene rings is 2. The Morgan fingerprint density at radius 2 is 1.89 bits per heavy atom. The standard InChI is InChI=1S/C21H22F2N2O3/c1-27-16-8-17(22)20(18(23)9-16)21(26)24-14-7-15-12-28-19(11-25(15)10-14)13-5-3-2-4-6-13/h2-6,8-9,14-15,19H,7,10-12H2,1H3,(H,24,26)/t14-,15+,19-/m1/s1. The van der Waals surface area contributed by atoms with Crippen molar-refractivity contribution < 1.29 is 23.0 Å². The Kier molecular flexibility index (Phi) is 5.28. The zero-order valence-corrected chi connectivity index (χ0v) is 15.5. The molecule has 2 saturated heterocycles. The Morgan fingerprint density at radius 1 is 1.18 bits per heavy atom. The van der Waals surface area contributed by atoms with E-state index in [2.05, 4.69) is 10.2 Å². The van der Waals surface area contributed by atoms with Crippen LogP contribution in [0.1, 0.15) is 28.4 Å². The van der Waals surface area contributed by atoms with Crippen LogP contribution in [0.5, 0.6) is 5.75 Å². The van der Waals surface area contributed by atoms with Crippen molar-refractivity contribution in [2.45, 2.75) is 24.6 Å². The van der Waals surface area contributed by atoms with Gasteiger partial charge in [-0.2, -0.15) is 0 Å². The maximum atomic E-state index is 14.1. The summed E-state index contributed by atoms with van der Waals surface area (Å²) in [6, 6.07) is 12.0. The zero-order chi connectivity index (χ0) is 19.7. The Labute approximate surface area is 162 Å². The number of hydrogen-bond donors (Lipinski definition) is 1. The lowest BCUT2D eigenvalue weighted by Gasteiger charge is -2.35. The average molecular weight is 388 g/mol. The number of halogens is 2. The van der Waals surface area contributed by atoms with Gasteiger partial charge in [0.05, 0.1) is 19.8 Å². The number of carbonyl (C=O) groups excluding carboxylic acids is 1. The van der Waals surface area contributed by atoms with E-state index in [1.165, 1.54) is 7.11 Å². The summed E-state index contributed by atoms with van der Waals surface area (Å²) in [6.45, 7) is 1.92. The van der Waals surface area contributed by atoms with E-state index in [0.717, 1.165) is 24.2 Å². The molecule has 2 aliphatic rings. The van der Waals surface area contributed by atoms with Crippen molar-refractivity contribution in [2.24, 2.45) is 0 Å². The number of amides is 1. The van der Waals surface area contributed by atoms with Gasteiger partial charge in [0.1, 0.15) is 22.9 Å². The van der Waals surface area contributed by atoms with Crippen LogP contribution in [0.25, 0.3) is 0 Å². The fourth-order valence-electron chi connectivity index (χ4n) is 3.99. The first-order valence-corrected chi connectivity index (χ1v) is 9.29. The molecule has 7 heteroatoms. The molecule has 0 aliphatic carbocycles. The number of carbonyl (C=O) groups is 1. The van der Waals surface area contributed by atoms with Gasteiger partial charge in [0, 0.05) is 37.3 Å². The molecule has 2 aromatic carbocycles. The number of nitrogens with one attached hydrogen (secondary N) is 1. The number of nitrogens with zero attached hydrogens (tertiary/aromatic N) is 1. The van der Waals surface area contributed by atoms with E-state index >= 15 is 0 Å². The third kappa shape index (κ3) is 3.72. The van der Waals surface area contributed by atoms with E-state index in [9.17, 15) is 13.6 Å². The van der Waals surface area contributed by atoms with Crippen molar-refractivity contribution in [1.29, 1.82) is 0 Å². The second kappa shape index (κ2) is 7.85. The lowest BCUT2D eigenvalue weighted by Crippen LogP contribution is -2.43. The second-order valence-electron chi connectivity index (χ2n) is 7.21. The van der Waals surface area contributed by atoms with Gasteiger partial charge in [-0.3, -0.25) is 9.69 Å². The van der Waals surface area contributed by atoms with Crippen LogP contribution in [0.4, 0.5) is 8.78 Å². The van der Waals surface area contributed by atoms with Crippen LogP contribution in [-0.2, 0) is 4.74 Å². The molecule has 3 atom stereocenters. The molecule has 2 heterocycles. The van der Waals surface area contributed by atoms with Crippen LogP contribution in [0.3, 0.4) is 0 Å². The number of ether oxygens (including phenoxy) is 2. The molecule has 0 bridgehead atoms. The monoisotopic (exact) mass is 388 g/mol. The van der Waals surface area contributed by atoms with Gasteiger partial charge in [-0.15, -0.1) is 0 Å². The van der Waals surface area contributed by atoms with Gasteiger partial charge in [0.25, 0.3) is 5.91 Å². The van der Waals surface area contributed by atoms with Crippen molar-refractivity contribution in [1.82, 2.24) is 10.2 Å². The normalized spacial score (nSPS) is 24.6. The van der Waals surface area contributed by atoms with Gasteiger partial charge in [0.15, 0.2) is 0 Å². The summed E-state index contributed by atoms with van der Waals surface area (Å²) in [5.41, 5.74) is 0.542. The molecule has 2 fully saturated rings. The first kappa shape index (κ1) is 18.8. The van der Waals surface area contributed by atoms with Gasteiger partial charge in [-0.25, -0.2) is 8.78 Å². The van der Waals surface area contributed by atoms with E-state index in [4.69, 9.17) is 9.47 Å². The van der Waals surface area contributed by atoms with Crippen molar-refractivity contribution >= 4 is 5.91 Å². The van der Waals surface area contributed by atoms with Crippen LogP contribution in [-0.4, -0.2) is 49.7 Å². The number of methoxy groups -OCH3 is 1. The van der Waals surface area contributed by atoms with E-state index < -0.39 is 23.1 Å². The molecule has 0 aromatic heterocycles. The van der Waals surface area contributed by atoms with Gasteiger partial charge < -0.3 is 14.8 Å². The van der Waals surface area contributed by atoms with Crippen LogP contribution < -0.4 is 10.1 Å². The molecule has 1 amide bonds. The molecule has 5 nitrogen and oxygen atoms in total. The zero-order valence-electron chi connectivity index (χ0n) is 15.5. The van der Waals surface area contributed by atoms with Crippen molar-refractivity contribution in [3.05, 3.63) is 65.2 Å². The lowest BCUT2D eigenvalue weighted by molar-refractivity contribution is -0.0502. The lowest BCUT2D eigenvalue weighted by atomic mass is 10.1. The molecule has 1 N–H and O–H groups in total. The minimum atomic E-state index is -0.933. The topological polar surface area (TPSA) is 50.8 Å². The molecule has 0 radical (unpaired) electrons. The second-order valence-corrected chi connectivity index (χ2v) is 7.21. The minimum absolute atomic E-state index is 0.0108. The average Bonchev–Trinajstić information content (AvgIpc) is 3.09. The summed E-state index contributed by atoms with van der Waals surface area (Å²) < 4.78 is 39.1. The van der Waals surface area contributed by atoms with Crippen LogP contribution in [0, 0.1) is 11.6 Å². The Balaban J connectivity index is 1.41. The number of hydrogen-bond acceptors (Lipinski definition) is 4. The van der Waals surface area contributed by atoms with E-state index in [0.29, 0.717) is 19.6 Å². The highest BCUT2D eigenvalue weighted by molar-refractivity contribution is 5.95. The molecule has 2 aromatic rings. The third-order valence-corrected chi connectivity index (χ3v) is 5.40. The first-order valence-electron chi connectivity index (χ1n) is 9.29. The van der Waals surface area contributed by atoms with Gasteiger partial charge >= 0.3 is 0 Å². The number of morpholine rings is 1. The number of fused-ring (bicyclic) bond motifs is 1. The predicted molar refractivity (Wildman–Crippen MR) is 99.3 cm³/mol. The highest BCUT2D eigenvalue weighted by atomic mass is 19.1. The van der Waals surface area contributed by atoms with E-state index in [1.807, 2.05) is 30.3 Å². The van der Waals surface area contributed by atoms with Crippen LogP contribution in [0.2, 0.25) is 0 Å². The SMILES string of the molecule is COc1cc(F)c(C(=O)N[C@@H]2C[C@H]3CO[C@@H](c4ccccc4)CN3C2)c(F)c1. The maximum Gasteiger partial charge on any atom is 0.257 e. The summed E-state index contributed by atoms with van der Waals surface area (Å²) in [5, 5.41) is 2.77. The summed E-state index contributed by atoms with van der Waals surface area (Å²) >= 11 is 0. The highest BCUT2D eigenvalue weighted by Gasteiger charge is 2.38. The summed E-state index contributed by atoms with van der Waals surface area (Å²) in [5.74, 6) is -2.58. The van der Waals surface area contributed by atoms with Gasteiger partial charge in [-0.1, -0.05) is 30.3 Å². The predicted octanol–water partition coefficient (Wildman–Crippen LogP) is 2.92. The minimum Gasteiger partial charge on any atom is -0.497 e. The Morgan fingerprint density at radius 3 is 2.57 bits per heavy atom.